The summed E-state index contributed by atoms with van der Waals surface area (Å²) in [4.78, 5) is 4.45. The maximum Gasteiger partial charge on any atom is 0.118 e. The summed E-state index contributed by atoms with van der Waals surface area (Å²) in [6.07, 6.45) is 7.24. The lowest BCUT2D eigenvalue weighted by atomic mass is 9.70. The zero-order valence-electron chi connectivity index (χ0n) is 13.3. The fourth-order valence-corrected chi connectivity index (χ4v) is 5.04. The van der Waals surface area contributed by atoms with E-state index in [0.717, 1.165) is 23.4 Å². The fourth-order valence-electron chi connectivity index (χ4n) is 3.56. The number of H-pyrrole nitrogens is 1. The van der Waals surface area contributed by atoms with Gasteiger partial charge in [-0.05, 0) is 56.9 Å². The molecule has 122 valence electrons. The molecule has 0 radical (unpaired) electrons. The second-order valence-electron chi connectivity index (χ2n) is 6.18. The van der Waals surface area contributed by atoms with Crippen molar-refractivity contribution in [3.8, 4) is 11.4 Å². The molecule has 0 saturated heterocycles. The van der Waals surface area contributed by atoms with Gasteiger partial charge in [0, 0.05) is 29.3 Å². The average Bonchev–Trinajstić information content (AvgIpc) is 3.43. The molecule has 4 aromatic rings. The van der Waals surface area contributed by atoms with Crippen LogP contribution in [0.1, 0.15) is 22.4 Å². The number of hydrogen-bond acceptors (Lipinski definition) is 4. The average molecular weight is 361 g/mol. The maximum atomic E-state index is 4.56. The predicted octanol–water partition coefficient (Wildman–Crippen LogP) is 5.15. The molecule has 0 aliphatic heterocycles. The van der Waals surface area contributed by atoms with Crippen molar-refractivity contribution in [2.75, 3.05) is 0 Å². The summed E-state index contributed by atoms with van der Waals surface area (Å²) in [5, 5.41) is 16.6. The number of nitrogens with one attached hydrogen (secondary N) is 1. The summed E-state index contributed by atoms with van der Waals surface area (Å²) in [6, 6.07) is 10.4. The highest BCUT2D eigenvalue weighted by Crippen LogP contribution is 2.44. The molecule has 0 aromatic carbocycles. The van der Waals surface area contributed by atoms with E-state index in [1.54, 1.807) is 22.7 Å². The third kappa shape index (κ3) is 2.31. The highest BCUT2D eigenvalue weighted by molar-refractivity contribution is 7.08. The number of rotatable bonds is 3. The third-order valence-electron chi connectivity index (χ3n) is 4.85. The van der Waals surface area contributed by atoms with Crippen molar-refractivity contribution < 1.29 is 0 Å². The van der Waals surface area contributed by atoms with Gasteiger partial charge in [-0.3, -0.25) is 10.1 Å². The molecule has 1 aliphatic carbocycles. The van der Waals surface area contributed by atoms with E-state index < -0.39 is 0 Å². The Kier molecular flexibility index (Phi) is 3.43. The quantitative estimate of drug-likeness (QED) is 0.548. The van der Waals surface area contributed by atoms with E-state index in [1.807, 2.05) is 24.4 Å². The third-order valence-corrected chi connectivity index (χ3v) is 6.22. The first kappa shape index (κ1) is 14.8. The number of pyridine rings is 1. The summed E-state index contributed by atoms with van der Waals surface area (Å²) in [5.41, 5.74) is 6.71. The van der Waals surface area contributed by atoms with Crippen molar-refractivity contribution in [3.63, 3.8) is 0 Å². The minimum absolute atomic E-state index is 0.124. The van der Waals surface area contributed by atoms with Crippen LogP contribution in [0.4, 0.5) is 0 Å². The van der Waals surface area contributed by atoms with Crippen molar-refractivity contribution in [3.05, 3.63) is 86.5 Å². The smallest absolute Gasteiger partial charge is 0.118 e. The van der Waals surface area contributed by atoms with Gasteiger partial charge in [0.05, 0.1) is 5.69 Å². The van der Waals surface area contributed by atoms with Gasteiger partial charge in [-0.15, -0.1) is 0 Å². The number of fused-ring (bicyclic) bond motifs is 1. The number of hydrogen-bond donors (Lipinski definition) is 1. The Hall–Kier alpha value is -2.50. The van der Waals surface area contributed by atoms with Crippen LogP contribution >= 0.6 is 22.7 Å². The van der Waals surface area contributed by atoms with Gasteiger partial charge in [-0.1, -0.05) is 18.2 Å². The molecule has 4 heterocycles. The van der Waals surface area contributed by atoms with Crippen LogP contribution in [0.15, 0.2) is 64.1 Å². The number of thiophene rings is 2. The Balaban J connectivity index is 1.65. The Bertz CT molecular complexity index is 978. The summed E-state index contributed by atoms with van der Waals surface area (Å²) in [7, 11) is 0. The van der Waals surface area contributed by atoms with E-state index in [4.69, 9.17) is 0 Å². The molecule has 0 atom stereocenters. The first-order valence-electron chi connectivity index (χ1n) is 8.10. The molecule has 0 spiro atoms. The molecule has 0 unspecified atom stereocenters. The van der Waals surface area contributed by atoms with Crippen LogP contribution in [0, 0.1) is 0 Å². The van der Waals surface area contributed by atoms with Gasteiger partial charge in [0.1, 0.15) is 5.69 Å². The molecule has 25 heavy (non-hydrogen) atoms. The van der Waals surface area contributed by atoms with Crippen LogP contribution in [-0.4, -0.2) is 15.2 Å². The lowest BCUT2D eigenvalue weighted by molar-refractivity contribution is 0.625. The molecule has 1 aliphatic rings. The molecule has 5 heteroatoms. The lowest BCUT2D eigenvalue weighted by Gasteiger charge is -2.32. The van der Waals surface area contributed by atoms with E-state index in [-0.39, 0.29) is 5.41 Å². The van der Waals surface area contributed by atoms with Gasteiger partial charge in [0.2, 0.25) is 0 Å². The Morgan fingerprint density at radius 1 is 1.00 bits per heavy atom. The van der Waals surface area contributed by atoms with Crippen molar-refractivity contribution in [1.29, 1.82) is 0 Å². The van der Waals surface area contributed by atoms with Crippen LogP contribution in [-0.2, 0) is 11.8 Å². The molecule has 0 saturated carbocycles. The van der Waals surface area contributed by atoms with E-state index >= 15 is 0 Å². The second-order valence-corrected chi connectivity index (χ2v) is 7.74. The number of aromatic amines is 1. The summed E-state index contributed by atoms with van der Waals surface area (Å²) in [5.74, 6) is 0. The highest BCUT2D eigenvalue weighted by atomic mass is 32.1. The van der Waals surface area contributed by atoms with Gasteiger partial charge in [0.25, 0.3) is 0 Å². The molecular formula is C20H15N3S2. The normalized spacial score (nSPS) is 15.2. The summed E-state index contributed by atoms with van der Waals surface area (Å²) in [6.45, 7) is 0. The van der Waals surface area contributed by atoms with Gasteiger partial charge in [-0.2, -0.15) is 27.8 Å². The topological polar surface area (TPSA) is 41.6 Å². The zero-order chi connectivity index (χ0) is 16.7. The van der Waals surface area contributed by atoms with Crippen LogP contribution < -0.4 is 0 Å². The Morgan fingerprint density at radius 3 is 2.44 bits per heavy atom. The van der Waals surface area contributed by atoms with Crippen LogP contribution in [0.5, 0.6) is 0 Å². The molecule has 0 amide bonds. The molecule has 0 bridgehead atoms. The highest BCUT2D eigenvalue weighted by Gasteiger charge is 2.37. The molecule has 3 nitrogen and oxygen atoms in total. The standard InChI is InChI=1S/C20H15N3S2/c1-2-8-21-17(3-1)19-16-4-7-20(11-18(16)22-23-19,14-5-9-24-12-14)15-6-10-25-13-15/h1-10,12-13H,11H2,(H,22,23). The SMILES string of the molecule is C1=CC(c2ccsc2)(c2ccsc2)Cc2[nH]nc(-c3ccccn3)c21. The molecule has 4 aromatic heterocycles. The van der Waals surface area contributed by atoms with Crippen LogP contribution in [0.3, 0.4) is 0 Å². The van der Waals surface area contributed by atoms with E-state index in [0.29, 0.717) is 0 Å². The molecule has 1 N–H and O–H groups in total. The largest absolute Gasteiger partial charge is 0.281 e. The number of aromatic nitrogens is 3. The molecule has 0 fully saturated rings. The van der Waals surface area contributed by atoms with E-state index in [1.165, 1.54) is 16.8 Å². The van der Waals surface area contributed by atoms with E-state index in [2.05, 4.69) is 61.0 Å². The van der Waals surface area contributed by atoms with Gasteiger partial charge in [-0.25, -0.2) is 0 Å². The van der Waals surface area contributed by atoms with Crippen molar-refractivity contribution in [2.45, 2.75) is 11.8 Å². The monoisotopic (exact) mass is 361 g/mol. The lowest BCUT2D eigenvalue weighted by Crippen LogP contribution is -2.29. The minimum Gasteiger partial charge on any atom is -0.281 e. The van der Waals surface area contributed by atoms with Crippen LogP contribution in [0.25, 0.3) is 17.5 Å². The zero-order valence-corrected chi connectivity index (χ0v) is 15.0. The number of allylic oxidation sites excluding steroid dienone is 1. The van der Waals surface area contributed by atoms with Crippen molar-refractivity contribution in [2.24, 2.45) is 0 Å². The summed E-state index contributed by atoms with van der Waals surface area (Å²) < 4.78 is 0. The van der Waals surface area contributed by atoms with Gasteiger partial charge < -0.3 is 0 Å². The van der Waals surface area contributed by atoms with Gasteiger partial charge >= 0.3 is 0 Å². The van der Waals surface area contributed by atoms with Crippen molar-refractivity contribution >= 4 is 28.7 Å². The first-order valence-corrected chi connectivity index (χ1v) is 9.99. The van der Waals surface area contributed by atoms with Crippen LogP contribution in [0.2, 0.25) is 0 Å². The predicted molar refractivity (Wildman–Crippen MR) is 104 cm³/mol. The molecular weight excluding hydrogens is 346 g/mol. The van der Waals surface area contributed by atoms with Crippen molar-refractivity contribution in [1.82, 2.24) is 15.2 Å². The Labute approximate surface area is 153 Å². The molecule has 5 rings (SSSR count). The Morgan fingerprint density at radius 2 is 1.80 bits per heavy atom. The number of nitrogens with zero attached hydrogens (tertiary/aromatic N) is 2. The van der Waals surface area contributed by atoms with E-state index in [9.17, 15) is 0 Å². The first-order chi connectivity index (χ1) is 12.4. The maximum absolute atomic E-state index is 4.56. The second kappa shape index (κ2) is 5.79. The summed E-state index contributed by atoms with van der Waals surface area (Å²) >= 11 is 3.49. The fraction of sp³-hybridized carbons (Fsp3) is 0.100. The minimum atomic E-state index is -0.124. The van der Waals surface area contributed by atoms with Gasteiger partial charge in [0.15, 0.2) is 0 Å².